The number of nitrogens with zero attached hydrogens (tertiary/aromatic N) is 4. The summed E-state index contributed by atoms with van der Waals surface area (Å²) >= 11 is 0. The van der Waals surface area contributed by atoms with E-state index >= 15 is 0 Å². The Labute approximate surface area is 127 Å². The van der Waals surface area contributed by atoms with Crippen molar-refractivity contribution in [3.63, 3.8) is 0 Å². The SMILES string of the molecule is CCNC(=O)c1nnc2c(-c3cnco3)cc(C(F)(F)F)cn12. The summed E-state index contributed by atoms with van der Waals surface area (Å²) in [5.41, 5.74) is -0.849. The fourth-order valence-corrected chi connectivity index (χ4v) is 2.07. The van der Waals surface area contributed by atoms with E-state index in [0.717, 1.165) is 23.1 Å². The van der Waals surface area contributed by atoms with Crippen LogP contribution in [0.2, 0.25) is 0 Å². The van der Waals surface area contributed by atoms with Crippen LogP contribution < -0.4 is 5.32 Å². The summed E-state index contributed by atoms with van der Waals surface area (Å²) in [6.45, 7) is 1.99. The van der Waals surface area contributed by atoms with Crippen LogP contribution in [-0.4, -0.2) is 32.0 Å². The monoisotopic (exact) mass is 325 g/mol. The van der Waals surface area contributed by atoms with Gasteiger partial charge < -0.3 is 9.73 Å². The lowest BCUT2D eigenvalue weighted by atomic mass is 10.1. The molecule has 0 saturated heterocycles. The number of nitrogens with one attached hydrogen (secondary N) is 1. The highest BCUT2D eigenvalue weighted by molar-refractivity contribution is 5.92. The van der Waals surface area contributed by atoms with Gasteiger partial charge in [0.2, 0.25) is 5.82 Å². The smallest absolute Gasteiger partial charge is 0.417 e. The second-order valence-corrected chi connectivity index (χ2v) is 4.58. The standard InChI is InChI=1S/C13H10F3N5O2/c1-2-18-12(22)11-20-19-10-8(9-4-17-6-23-9)3-7(5-21(10)11)13(14,15)16/h3-6H,2H2,1H3,(H,18,22). The van der Waals surface area contributed by atoms with E-state index in [2.05, 4.69) is 20.5 Å². The van der Waals surface area contributed by atoms with Gasteiger partial charge in [0.25, 0.3) is 5.91 Å². The van der Waals surface area contributed by atoms with E-state index in [1.165, 1.54) is 6.20 Å². The third kappa shape index (κ3) is 2.62. The molecule has 1 amide bonds. The molecule has 0 aliphatic heterocycles. The molecular weight excluding hydrogens is 315 g/mol. The van der Waals surface area contributed by atoms with Crippen molar-refractivity contribution < 1.29 is 22.4 Å². The number of pyridine rings is 1. The molecule has 3 heterocycles. The highest BCUT2D eigenvalue weighted by Crippen LogP contribution is 2.34. The molecule has 0 unspecified atom stereocenters. The number of hydrogen-bond acceptors (Lipinski definition) is 5. The zero-order valence-corrected chi connectivity index (χ0v) is 11.8. The lowest BCUT2D eigenvalue weighted by Gasteiger charge is -2.10. The van der Waals surface area contributed by atoms with Crippen molar-refractivity contribution in [1.82, 2.24) is 24.9 Å². The van der Waals surface area contributed by atoms with Crippen LogP contribution in [0, 0.1) is 0 Å². The first kappa shape index (κ1) is 15.0. The fourth-order valence-electron chi connectivity index (χ4n) is 2.07. The number of amides is 1. The maximum absolute atomic E-state index is 13.1. The Morgan fingerprint density at radius 3 is 2.78 bits per heavy atom. The molecule has 0 atom stereocenters. The summed E-state index contributed by atoms with van der Waals surface area (Å²) in [6.07, 6.45) is -1.48. The number of alkyl halides is 3. The zero-order valence-electron chi connectivity index (χ0n) is 11.8. The van der Waals surface area contributed by atoms with Crippen LogP contribution in [-0.2, 0) is 6.18 Å². The number of hydrogen-bond donors (Lipinski definition) is 1. The number of fused-ring (bicyclic) bond motifs is 1. The first-order chi connectivity index (χ1) is 10.9. The van der Waals surface area contributed by atoms with Crippen LogP contribution >= 0.6 is 0 Å². The molecule has 3 aromatic rings. The van der Waals surface area contributed by atoms with Gasteiger partial charge >= 0.3 is 6.18 Å². The second-order valence-electron chi connectivity index (χ2n) is 4.58. The van der Waals surface area contributed by atoms with Gasteiger partial charge in [-0.05, 0) is 13.0 Å². The van der Waals surface area contributed by atoms with Crippen molar-refractivity contribution >= 4 is 11.6 Å². The van der Waals surface area contributed by atoms with Crippen LogP contribution in [0.15, 0.2) is 29.3 Å². The van der Waals surface area contributed by atoms with Crippen molar-refractivity contribution in [3.05, 3.63) is 36.2 Å². The topological polar surface area (TPSA) is 85.3 Å². The molecule has 0 radical (unpaired) electrons. The third-order valence-electron chi connectivity index (χ3n) is 3.07. The first-order valence-corrected chi connectivity index (χ1v) is 6.55. The van der Waals surface area contributed by atoms with E-state index in [-0.39, 0.29) is 22.8 Å². The molecule has 0 saturated carbocycles. The lowest BCUT2D eigenvalue weighted by molar-refractivity contribution is -0.137. The number of halogens is 3. The van der Waals surface area contributed by atoms with E-state index in [1.54, 1.807) is 6.92 Å². The lowest BCUT2D eigenvalue weighted by Crippen LogP contribution is -2.25. The Morgan fingerprint density at radius 1 is 1.39 bits per heavy atom. The van der Waals surface area contributed by atoms with Crippen LogP contribution in [0.25, 0.3) is 17.0 Å². The molecule has 3 rings (SSSR count). The molecule has 7 nitrogen and oxygen atoms in total. The van der Waals surface area contributed by atoms with Gasteiger partial charge in [0.05, 0.1) is 17.3 Å². The summed E-state index contributed by atoms with van der Waals surface area (Å²) in [7, 11) is 0. The van der Waals surface area contributed by atoms with Gasteiger partial charge in [0.15, 0.2) is 17.8 Å². The normalized spacial score (nSPS) is 11.8. The molecular formula is C13H10F3N5O2. The number of rotatable bonds is 3. The van der Waals surface area contributed by atoms with Gasteiger partial charge in [-0.25, -0.2) is 4.98 Å². The Morgan fingerprint density at radius 2 is 2.17 bits per heavy atom. The minimum absolute atomic E-state index is 0.0420. The summed E-state index contributed by atoms with van der Waals surface area (Å²) in [5, 5.41) is 9.95. The van der Waals surface area contributed by atoms with E-state index < -0.39 is 17.6 Å². The number of oxazole rings is 1. The Balaban J connectivity index is 2.28. The molecule has 10 heteroatoms. The fraction of sp³-hybridized carbons (Fsp3) is 0.231. The van der Waals surface area contributed by atoms with Crippen LogP contribution in [0.5, 0.6) is 0 Å². The van der Waals surface area contributed by atoms with Gasteiger partial charge in [-0.3, -0.25) is 9.20 Å². The number of carbonyl (C=O) groups is 1. The zero-order chi connectivity index (χ0) is 16.6. The molecule has 3 aromatic heterocycles. The maximum atomic E-state index is 13.1. The first-order valence-electron chi connectivity index (χ1n) is 6.55. The average Bonchev–Trinajstić information content (AvgIpc) is 3.15. The van der Waals surface area contributed by atoms with E-state index in [1.807, 2.05) is 0 Å². The molecule has 0 aromatic carbocycles. The Kier molecular flexibility index (Phi) is 3.51. The van der Waals surface area contributed by atoms with Crippen molar-refractivity contribution in [2.24, 2.45) is 0 Å². The summed E-state index contributed by atoms with van der Waals surface area (Å²) in [5.74, 6) is -0.771. The predicted molar refractivity (Wildman–Crippen MR) is 71.5 cm³/mol. The highest BCUT2D eigenvalue weighted by atomic mass is 19.4. The molecule has 0 spiro atoms. The summed E-state index contributed by atoms with van der Waals surface area (Å²) in [6, 6.07) is 0.881. The van der Waals surface area contributed by atoms with Gasteiger partial charge in [0, 0.05) is 12.7 Å². The van der Waals surface area contributed by atoms with Crippen molar-refractivity contribution in [2.45, 2.75) is 13.1 Å². The van der Waals surface area contributed by atoms with E-state index in [0.29, 0.717) is 6.54 Å². The van der Waals surface area contributed by atoms with Crippen LogP contribution in [0.1, 0.15) is 23.1 Å². The third-order valence-corrected chi connectivity index (χ3v) is 3.07. The Hall–Kier alpha value is -2.91. The second kappa shape index (κ2) is 5.38. The predicted octanol–water partition coefficient (Wildman–Crippen LogP) is 2.15. The van der Waals surface area contributed by atoms with Gasteiger partial charge in [-0.15, -0.1) is 10.2 Å². The molecule has 0 fully saturated rings. The van der Waals surface area contributed by atoms with Gasteiger partial charge in [-0.2, -0.15) is 13.2 Å². The molecule has 1 N–H and O–H groups in total. The summed E-state index contributed by atoms with van der Waals surface area (Å²) < 4.78 is 45.4. The molecule has 0 bridgehead atoms. The average molecular weight is 325 g/mol. The molecule has 0 aliphatic carbocycles. The maximum Gasteiger partial charge on any atom is 0.417 e. The van der Waals surface area contributed by atoms with Crippen molar-refractivity contribution in [2.75, 3.05) is 6.54 Å². The van der Waals surface area contributed by atoms with Gasteiger partial charge in [0.1, 0.15) is 0 Å². The molecule has 0 aliphatic rings. The molecule has 23 heavy (non-hydrogen) atoms. The Bertz CT molecular complexity index is 854. The minimum Gasteiger partial charge on any atom is -0.443 e. The van der Waals surface area contributed by atoms with E-state index in [9.17, 15) is 18.0 Å². The summed E-state index contributed by atoms with van der Waals surface area (Å²) in [4.78, 5) is 15.6. The van der Waals surface area contributed by atoms with Crippen molar-refractivity contribution in [3.8, 4) is 11.3 Å². The van der Waals surface area contributed by atoms with Crippen LogP contribution in [0.4, 0.5) is 13.2 Å². The highest BCUT2D eigenvalue weighted by Gasteiger charge is 2.33. The van der Waals surface area contributed by atoms with Gasteiger partial charge in [-0.1, -0.05) is 0 Å². The minimum atomic E-state index is -4.61. The largest absolute Gasteiger partial charge is 0.443 e. The van der Waals surface area contributed by atoms with Crippen molar-refractivity contribution in [1.29, 1.82) is 0 Å². The van der Waals surface area contributed by atoms with Crippen LogP contribution in [0.3, 0.4) is 0 Å². The quantitative estimate of drug-likeness (QED) is 0.797. The van der Waals surface area contributed by atoms with E-state index in [4.69, 9.17) is 4.42 Å². The number of carbonyl (C=O) groups excluding carboxylic acids is 1. The number of aromatic nitrogens is 4. The molecule has 120 valence electrons.